The van der Waals surface area contributed by atoms with Gasteiger partial charge in [-0.2, -0.15) is 0 Å². The summed E-state index contributed by atoms with van der Waals surface area (Å²) < 4.78 is 5.33. The van der Waals surface area contributed by atoms with Crippen molar-refractivity contribution >= 4 is 16.8 Å². The molecule has 1 aromatic carbocycles. The lowest BCUT2D eigenvalue weighted by Gasteiger charge is -2.29. The summed E-state index contributed by atoms with van der Waals surface area (Å²) in [7, 11) is 0. The van der Waals surface area contributed by atoms with Gasteiger partial charge in [0.2, 0.25) is 0 Å². The molecule has 1 aliphatic rings. The van der Waals surface area contributed by atoms with E-state index in [0.29, 0.717) is 18.7 Å². The maximum atomic E-state index is 13.2. The second kappa shape index (κ2) is 6.49. The van der Waals surface area contributed by atoms with Crippen LogP contribution in [0.1, 0.15) is 34.1 Å². The first-order valence-corrected chi connectivity index (χ1v) is 8.38. The number of likely N-dealkylation sites (N-methyl/N-ethyl adjacent to an activating group) is 1. The van der Waals surface area contributed by atoms with Crippen molar-refractivity contribution in [3.05, 3.63) is 40.6 Å². The van der Waals surface area contributed by atoms with Gasteiger partial charge in [-0.15, -0.1) is 0 Å². The molecule has 0 spiro atoms. The zero-order valence-corrected chi connectivity index (χ0v) is 14.7. The molecule has 1 amide bonds. The molecule has 128 valence electrons. The molecule has 2 aromatic rings. The van der Waals surface area contributed by atoms with E-state index in [1.165, 1.54) is 0 Å². The van der Waals surface area contributed by atoms with E-state index in [9.17, 15) is 9.90 Å². The van der Waals surface area contributed by atoms with Gasteiger partial charge in [-0.05, 0) is 44.9 Å². The zero-order chi connectivity index (χ0) is 17.4. The van der Waals surface area contributed by atoms with Crippen LogP contribution in [0.2, 0.25) is 0 Å². The minimum atomic E-state index is -0.632. The summed E-state index contributed by atoms with van der Waals surface area (Å²) in [6.07, 6.45) is -0.632. The number of pyridine rings is 1. The predicted octanol–water partition coefficient (Wildman–Crippen LogP) is 2.38. The molecule has 24 heavy (non-hydrogen) atoms. The third-order valence-corrected chi connectivity index (χ3v) is 4.89. The second-order valence-electron chi connectivity index (χ2n) is 6.48. The lowest BCUT2D eigenvalue weighted by atomic mass is 9.99. The Labute approximate surface area is 142 Å². The Kier molecular flexibility index (Phi) is 4.56. The third kappa shape index (κ3) is 2.78. The first-order valence-electron chi connectivity index (χ1n) is 8.38. The van der Waals surface area contributed by atoms with Crippen molar-refractivity contribution in [1.29, 1.82) is 0 Å². The molecule has 1 saturated heterocycles. The van der Waals surface area contributed by atoms with Gasteiger partial charge in [0.1, 0.15) is 0 Å². The Morgan fingerprint density at radius 3 is 2.71 bits per heavy atom. The molecule has 5 nitrogen and oxygen atoms in total. The van der Waals surface area contributed by atoms with Crippen molar-refractivity contribution in [3.8, 4) is 0 Å². The number of nitrogens with zero attached hydrogens (tertiary/aromatic N) is 2. The average Bonchev–Trinajstić information content (AvgIpc) is 2.97. The number of amides is 1. The summed E-state index contributed by atoms with van der Waals surface area (Å²) in [6.45, 7) is 9.09. The smallest absolute Gasteiger partial charge is 0.255 e. The van der Waals surface area contributed by atoms with Crippen molar-refractivity contribution in [3.63, 3.8) is 0 Å². The Balaban J connectivity index is 2.10. The number of rotatable bonds is 3. The van der Waals surface area contributed by atoms with Gasteiger partial charge in [-0.1, -0.05) is 12.1 Å². The number of benzene rings is 1. The van der Waals surface area contributed by atoms with Gasteiger partial charge < -0.3 is 14.7 Å². The predicted molar refractivity (Wildman–Crippen MR) is 93.3 cm³/mol. The Hall–Kier alpha value is -1.98. The molecule has 2 heterocycles. The van der Waals surface area contributed by atoms with E-state index in [1.54, 1.807) is 4.90 Å². The van der Waals surface area contributed by atoms with Gasteiger partial charge in [0, 0.05) is 17.6 Å². The molecule has 1 aliphatic heterocycles. The van der Waals surface area contributed by atoms with Crippen molar-refractivity contribution in [2.75, 3.05) is 19.8 Å². The Morgan fingerprint density at radius 1 is 1.33 bits per heavy atom. The Morgan fingerprint density at radius 2 is 2.08 bits per heavy atom. The maximum absolute atomic E-state index is 13.2. The quantitative estimate of drug-likeness (QED) is 0.940. The summed E-state index contributed by atoms with van der Waals surface area (Å²) >= 11 is 0. The van der Waals surface area contributed by atoms with Crippen molar-refractivity contribution < 1.29 is 14.6 Å². The molecule has 2 atom stereocenters. The fourth-order valence-electron chi connectivity index (χ4n) is 3.35. The summed E-state index contributed by atoms with van der Waals surface area (Å²) in [5, 5.41) is 11.0. The topological polar surface area (TPSA) is 62.7 Å². The van der Waals surface area contributed by atoms with Crippen LogP contribution in [0, 0.1) is 20.8 Å². The maximum Gasteiger partial charge on any atom is 0.255 e. The molecular weight excluding hydrogens is 304 g/mol. The molecule has 0 radical (unpaired) electrons. The number of aromatic nitrogens is 1. The van der Waals surface area contributed by atoms with Crippen LogP contribution in [0.3, 0.4) is 0 Å². The van der Waals surface area contributed by atoms with Crippen LogP contribution < -0.4 is 0 Å². The van der Waals surface area contributed by atoms with Crippen LogP contribution >= 0.6 is 0 Å². The van der Waals surface area contributed by atoms with E-state index < -0.39 is 6.10 Å². The van der Waals surface area contributed by atoms with Gasteiger partial charge in [0.25, 0.3) is 5.91 Å². The van der Waals surface area contributed by atoms with Gasteiger partial charge in [0.05, 0.1) is 36.4 Å². The highest BCUT2D eigenvalue weighted by molar-refractivity contribution is 6.07. The van der Waals surface area contributed by atoms with Crippen LogP contribution in [0.4, 0.5) is 0 Å². The van der Waals surface area contributed by atoms with Crippen molar-refractivity contribution in [2.45, 2.75) is 39.8 Å². The number of aliphatic hydroxyl groups is 1. The highest BCUT2D eigenvalue weighted by atomic mass is 16.5. The van der Waals surface area contributed by atoms with E-state index in [1.807, 2.05) is 45.9 Å². The van der Waals surface area contributed by atoms with E-state index in [-0.39, 0.29) is 18.6 Å². The van der Waals surface area contributed by atoms with Gasteiger partial charge in [0.15, 0.2) is 0 Å². The number of ether oxygens (including phenoxy) is 1. The molecule has 0 bridgehead atoms. The summed E-state index contributed by atoms with van der Waals surface area (Å²) in [5.74, 6) is -0.0780. The molecule has 0 unspecified atom stereocenters. The molecule has 0 saturated carbocycles. The summed E-state index contributed by atoms with van der Waals surface area (Å²) in [5.41, 5.74) is 4.58. The van der Waals surface area contributed by atoms with E-state index >= 15 is 0 Å². The van der Waals surface area contributed by atoms with Crippen LogP contribution in [0.15, 0.2) is 18.2 Å². The molecule has 1 N–H and O–H groups in total. The first kappa shape index (κ1) is 16.9. The fraction of sp³-hybridized carbons (Fsp3) is 0.474. The van der Waals surface area contributed by atoms with E-state index in [4.69, 9.17) is 4.74 Å². The number of carbonyl (C=O) groups is 1. The normalized spacial score (nSPS) is 20.5. The molecule has 1 fully saturated rings. The number of hydrogen-bond acceptors (Lipinski definition) is 4. The molecular formula is C19H24N2O3. The fourth-order valence-corrected chi connectivity index (χ4v) is 3.35. The molecule has 5 heteroatoms. The molecule has 0 aliphatic carbocycles. The van der Waals surface area contributed by atoms with Crippen molar-refractivity contribution in [2.24, 2.45) is 0 Å². The number of hydrogen-bond donors (Lipinski definition) is 1. The number of aryl methyl sites for hydroxylation is 3. The lowest BCUT2D eigenvalue weighted by Crippen LogP contribution is -2.46. The third-order valence-electron chi connectivity index (χ3n) is 4.89. The second-order valence-corrected chi connectivity index (χ2v) is 6.48. The Bertz CT molecular complexity index is 788. The van der Waals surface area contributed by atoms with Gasteiger partial charge in [-0.3, -0.25) is 9.78 Å². The minimum absolute atomic E-state index is 0.0780. The SMILES string of the molecule is CCN(C(=O)c1cc(C)nc2c(C)c(C)ccc12)[C@@H]1COC[C@H]1O. The molecule has 3 rings (SSSR count). The van der Waals surface area contributed by atoms with Crippen molar-refractivity contribution in [1.82, 2.24) is 9.88 Å². The minimum Gasteiger partial charge on any atom is -0.388 e. The highest BCUT2D eigenvalue weighted by Gasteiger charge is 2.34. The average molecular weight is 328 g/mol. The van der Waals surface area contributed by atoms with E-state index in [2.05, 4.69) is 4.98 Å². The number of aliphatic hydroxyl groups excluding tert-OH is 1. The molecule has 1 aromatic heterocycles. The lowest BCUT2D eigenvalue weighted by molar-refractivity contribution is 0.0522. The highest BCUT2D eigenvalue weighted by Crippen LogP contribution is 2.26. The summed E-state index contributed by atoms with van der Waals surface area (Å²) in [6, 6.07) is 5.53. The van der Waals surface area contributed by atoms with Crippen LogP contribution in [0.5, 0.6) is 0 Å². The van der Waals surface area contributed by atoms with Crippen LogP contribution in [0.25, 0.3) is 10.9 Å². The number of fused-ring (bicyclic) bond motifs is 1. The van der Waals surface area contributed by atoms with E-state index in [0.717, 1.165) is 27.7 Å². The van der Waals surface area contributed by atoms with Crippen LogP contribution in [-0.2, 0) is 4.74 Å². The van der Waals surface area contributed by atoms with Crippen LogP contribution in [-0.4, -0.2) is 52.8 Å². The standard InChI is InChI=1S/C19H24N2O3/c1-5-21(16-9-24-10-17(16)22)19(23)15-8-12(3)20-18-13(4)11(2)6-7-14(15)18/h6-8,16-17,22H,5,9-10H2,1-4H3/t16-,17-/m1/s1. The largest absolute Gasteiger partial charge is 0.388 e. The zero-order valence-electron chi connectivity index (χ0n) is 14.7. The number of carbonyl (C=O) groups excluding carboxylic acids is 1. The first-order chi connectivity index (χ1) is 11.4. The summed E-state index contributed by atoms with van der Waals surface area (Å²) in [4.78, 5) is 19.5. The monoisotopic (exact) mass is 328 g/mol. The van der Waals surface area contributed by atoms with Gasteiger partial charge >= 0.3 is 0 Å². The van der Waals surface area contributed by atoms with Gasteiger partial charge in [-0.25, -0.2) is 0 Å².